The molecule has 0 spiro atoms. The van der Waals surface area contributed by atoms with E-state index in [2.05, 4.69) is 22.0 Å². The highest BCUT2D eigenvalue weighted by molar-refractivity contribution is 9.09. The van der Waals surface area contributed by atoms with Crippen LogP contribution in [0.25, 0.3) is 6.08 Å². The number of benzene rings is 2. The minimum absolute atomic E-state index is 0.459. The molecule has 20 heavy (non-hydrogen) atoms. The van der Waals surface area contributed by atoms with Crippen molar-refractivity contribution in [2.45, 2.75) is 6.61 Å². The first kappa shape index (κ1) is 14.4. The lowest BCUT2D eigenvalue weighted by Gasteiger charge is -2.08. The molecule has 0 aliphatic carbocycles. The van der Waals surface area contributed by atoms with Crippen molar-refractivity contribution in [3.8, 4) is 11.8 Å². The van der Waals surface area contributed by atoms with Crippen LogP contribution in [0.15, 0.2) is 54.6 Å². The minimum atomic E-state index is 0.459. The van der Waals surface area contributed by atoms with Gasteiger partial charge >= 0.3 is 0 Å². The van der Waals surface area contributed by atoms with Gasteiger partial charge in [-0.1, -0.05) is 64.5 Å². The van der Waals surface area contributed by atoms with E-state index in [9.17, 15) is 0 Å². The van der Waals surface area contributed by atoms with Crippen LogP contribution in [0.1, 0.15) is 16.7 Å². The maximum atomic E-state index is 9.13. The van der Waals surface area contributed by atoms with Crippen LogP contribution in [0.5, 0.6) is 5.75 Å². The summed E-state index contributed by atoms with van der Waals surface area (Å²) >= 11 is 3.34. The summed E-state index contributed by atoms with van der Waals surface area (Å²) < 4.78 is 5.77. The first-order valence-electron chi connectivity index (χ1n) is 6.27. The Labute approximate surface area is 127 Å². The fourth-order valence-electron chi connectivity index (χ4n) is 1.77. The molecule has 0 unspecified atom stereocenters. The first-order valence-corrected chi connectivity index (χ1v) is 7.39. The summed E-state index contributed by atoms with van der Waals surface area (Å²) in [7, 11) is 0. The van der Waals surface area contributed by atoms with E-state index in [1.807, 2.05) is 54.6 Å². The molecule has 3 heteroatoms. The average Bonchev–Trinajstić information content (AvgIpc) is 2.52. The Bertz CT molecular complexity index is 629. The van der Waals surface area contributed by atoms with Gasteiger partial charge in [0.1, 0.15) is 18.4 Å². The van der Waals surface area contributed by atoms with E-state index in [1.165, 1.54) is 0 Å². The van der Waals surface area contributed by atoms with E-state index < -0.39 is 0 Å². The summed E-state index contributed by atoms with van der Waals surface area (Å²) in [6.45, 7) is 0.459. The summed E-state index contributed by atoms with van der Waals surface area (Å²) in [5.74, 6) is 0.619. The Morgan fingerprint density at radius 2 is 1.95 bits per heavy atom. The van der Waals surface area contributed by atoms with Crippen LogP contribution in [-0.2, 0) is 6.61 Å². The van der Waals surface area contributed by atoms with Crippen molar-refractivity contribution in [3.05, 3.63) is 71.3 Å². The lowest BCUT2D eigenvalue weighted by Crippen LogP contribution is -1.97. The van der Waals surface area contributed by atoms with Crippen molar-refractivity contribution in [1.82, 2.24) is 0 Å². The number of hydrogen-bond acceptors (Lipinski definition) is 2. The number of halogens is 1. The second-order valence-electron chi connectivity index (χ2n) is 4.20. The molecule has 0 radical (unpaired) electrons. The largest absolute Gasteiger partial charge is 0.488 e. The molecule has 0 bridgehead atoms. The minimum Gasteiger partial charge on any atom is -0.488 e. The molecule has 0 aliphatic heterocycles. The van der Waals surface area contributed by atoms with Gasteiger partial charge in [-0.3, -0.25) is 0 Å². The smallest absolute Gasteiger partial charge is 0.138 e. The Hall–Kier alpha value is -2.05. The molecule has 0 aliphatic rings. The van der Waals surface area contributed by atoms with Crippen LogP contribution >= 0.6 is 15.9 Å². The molecule has 2 aromatic rings. The van der Waals surface area contributed by atoms with E-state index in [4.69, 9.17) is 10.00 Å². The van der Waals surface area contributed by atoms with Crippen molar-refractivity contribution in [3.63, 3.8) is 0 Å². The Morgan fingerprint density at radius 1 is 1.15 bits per heavy atom. The summed E-state index contributed by atoms with van der Waals surface area (Å²) in [6.07, 6.45) is 3.99. The SMILES string of the molecule is N#Cc1ccc(C=CCBr)cc1OCc1ccccc1. The predicted molar refractivity (Wildman–Crippen MR) is 84.8 cm³/mol. The maximum Gasteiger partial charge on any atom is 0.138 e. The fourth-order valence-corrected chi connectivity index (χ4v) is 1.96. The number of alkyl halides is 1. The van der Waals surface area contributed by atoms with Gasteiger partial charge in [-0.15, -0.1) is 0 Å². The second-order valence-corrected chi connectivity index (χ2v) is 4.85. The van der Waals surface area contributed by atoms with Gasteiger partial charge in [0.25, 0.3) is 0 Å². The van der Waals surface area contributed by atoms with Crippen molar-refractivity contribution < 1.29 is 4.74 Å². The molecule has 0 aromatic heterocycles. The highest BCUT2D eigenvalue weighted by Gasteiger charge is 2.04. The zero-order chi connectivity index (χ0) is 14.2. The quantitative estimate of drug-likeness (QED) is 0.755. The molecule has 0 N–H and O–H groups in total. The lowest BCUT2D eigenvalue weighted by atomic mass is 10.1. The highest BCUT2D eigenvalue weighted by atomic mass is 79.9. The van der Waals surface area contributed by atoms with Crippen LogP contribution < -0.4 is 4.74 Å². The third-order valence-electron chi connectivity index (χ3n) is 2.76. The third kappa shape index (κ3) is 3.97. The molecule has 0 saturated carbocycles. The molecule has 100 valence electrons. The van der Waals surface area contributed by atoms with Gasteiger partial charge in [-0.2, -0.15) is 5.26 Å². The van der Waals surface area contributed by atoms with Crippen LogP contribution in [0.4, 0.5) is 0 Å². The van der Waals surface area contributed by atoms with Crippen molar-refractivity contribution in [1.29, 1.82) is 5.26 Å². The molecular formula is C17H14BrNO. The van der Waals surface area contributed by atoms with Crippen molar-refractivity contribution in [2.75, 3.05) is 5.33 Å². The van der Waals surface area contributed by atoms with Crippen molar-refractivity contribution in [2.24, 2.45) is 0 Å². The summed E-state index contributed by atoms with van der Waals surface area (Å²) in [6, 6.07) is 17.7. The monoisotopic (exact) mass is 327 g/mol. The Balaban J connectivity index is 2.16. The number of hydrogen-bond donors (Lipinski definition) is 0. The molecule has 0 atom stereocenters. The standard InChI is InChI=1S/C17H14BrNO/c18-10-4-7-14-8-9-16(12-19)17(11-14)20-13-15-5-2-1-3-6-15/h1-9,11H,10,13H2. The zero-order valence-corrected chi connectivity index (χ0v) is 12.5. The summed E-state index contributed by atoms with van der Waals surface area (Å²) in [4.78, 5) is 0. The molecule has 2 nitrogen and oxygen atoms in total. The molecule has 0 heterocycles. The maximum absolute atomic E-state index is 9.13. The number of rotatable bonds is 5. The Morgan fingerprint density at radius 3 is 2.65 bits per heavy atom. The van der Waals surface area contributed by atoms with E-state index in [-0.39, 0.29) is 0 Å². The van der Waals surface area contributed by atoms with Crippen molar-refractivity contribution >= 4 is 22.0 Å². The van der Waals surface area contributed by atoms with Gasteiger partial charge in [0.15, 0.2) is 0 Å². The van der Waals surface area contributed by atoms with Crippen LogP contribution in [-0.4, -0.2) is 5.33 Å². The topological polar surface area (TPSA) is 33.0 Å². The van der Waals surface area contributed by atoms with E-state index in [0.29, 0.717) is 17.9 Å². The van der Waals surface area contributed by atoms with E-state index in [0.717, 1.165) is 16.5 Å². The average molecular weight is 328 g/mol. The normalized spacial score (nSPS) is 10.4. The number of allylic oxidation sites excluding steroid dienone is 1. The fraction of sp³-hybridized carbons (Fsp3) is 0.118. The van der Waals surface area contributed by atoms with Crippen LogP contribution in [0.2, 0.25) is 0 Å². The molecule has 0 amide bonds. The predicted octanol–water partition coefficient (Wildman–Crippen LogP) is 4.55. The van der Waals surface area contributed by atoms with Gasteiger partial charge in [0, 0.05) is 5.33 Å². The molecule has 2 rings (SSSR count). The number of nitriles is 1. The Kier molecular flexibility index (Phi) is 5.40. The number of ether oxygens (including phenoxy) is 1. The third-order valence-corrected chi connectivity index (χ3v) is 3.14. The molecule has 0 saturated heterocycles. The molecule has 0 fully saturated rings. The summed E-state index contributed by atoms with van der Waals surface area (Å²) in [5.41, 5.74) is 2.65. The summed E-state index contributed by atoms with van der Waals surface area (Å²) in [5, 5.41) is 9.93. The molecular weight excluding hydrogens is 314 g/mol. The van der Waals surface area contributed by atoms with Gasteiger partial charge in [0.2, 0.25) is 0 Å². The van der Waals surface area contributed by atoms with Crippen LogP contribution in [0, 0.1) is 11.3 Å². The molecule has 2 aromatic carbocycles. The van der Waals surface area contributed by atoms with Gasteiger partial charge < -0.3 is 4.74 Å². The highest BCUT2D eigenvalue weighted by Crippen LogP contribution is 2.22. The van der Waals surface area contributed by atoms with E-state index >= 15 is 0 Å². The van der Waals surface area contributed by atoms with Gasteiger partial charge in [-0.25, -0.2) is 0 Å². The van der Waals surface area contributed by atoms with Gasteiger partial charge in [-0.05, 0) is 23.3 Å². The second kappa shape index (κ2) is 7.52. The zero-order valence-electron chi connectivity index (χ0n) is 10.9. The van der Waals surface area contributed by atoms with Gasteiger partial charge in [0.05, 0.1) is 5.56 Å². The lowest BCUT2D eigenvalue weighted by molar-refractivity contribution is 0.305. The van der Waals surface area contributed by atoms with E-state index in [1.54, 1.807) is 6.07 Å². The number of nitrogens with zero attached hydrogens (tertiary/aromatic N) is 1. The first-order chi connectivity index (χ1) is 9.83. The van der Waals surface area contributed by atoms with Crippen LogP contribution in [0.3, 0.4) is 0 Å².